The molecule has 1 aromatic carbocycles. The van der Waals surface area contributed by atoms with Crippen molar-refractivity contribution in [3.63, 3.8) is 0 Å². The topological polar surface area (TPSA) is 37.4 Å². The van der Waals surface area contributed by atoms with Gasteiger partial charge in [-0.05, 0) is 18.1 Å². The van der Waals surface area contributed by atoms with Crippen molar-refractivity contribution in [3.8, 4) is 0 Å². The Hall–Kier alpha value is -0.360. The molecule has 7 heteroatoms. The molecule has 0 aromatic heterocycles. The summed E-state index contributed by atoms with van der Waals surface area (Å²) in [4.78, 5) is -0.425. The van der Waals surface area contributed by atoms with Crippen molar-refractivity contribution in [1.82, 2.24) is 4.31 Å². The lowest BCUT2D eigenvalue weighted by atomic mass is 10.1. The normalized spacial score (nSPS) is 13.8. The van der Waals surface area contributed by atoms with Gasteiger partial charge in [-0.15, -0.1) is 11.6 Å². The van der Waals surface area contributed by atoms with Crippen LogP contribution in [0.2, 0.25) is 5.02 Å². The van der Waals surface area contributed by atoms with Gasteiger partial charge in [-0.25, -0.2) is 17.1 Å². The van der Waals surface area contributed by atoms with Gasteiger partial charge in [0.2, 0.25) is 10.0 Å². The Labute approximate surface area is 129 Å². The molecule has 0 saturated heterocycles. The smallest absolute Gasteiger partial charge is 0.207 e. The Morgan fingerprint density at radius 2 is 2.00 bits per heavy atom. The van der Waals surface area contributed by atoms with Gasteiger partial charge in [-0.2, -0.15) is 0 Å². The zero-order valence-corrected chi connectivity index (χ0v) is 14.0. The van der Waals surface area contributed by atoms with E-state index in [9.17, 15) is 12.8 Å². The summed E-state index contributed by atoms with van der Waals surface area (Å²) in [6.07, 6.45) is 0.838. The summed E-state index contributed by atoms with van der Waals surface area (Å²) < 4.78 is 40.1. The average Bonchev–Trinajstić information content (AvgIpc) is 2.40. The van der Waals surface area contributed by atoms with E-state index >= 15 is 0 Å². The first kappa shape index (κ1) is 17.7. The third-order valence-corrected chi connectivity index (χ3v) is 5.51. The fourth-order valence-corrected chi connectivity index (χ4v) is 3.66. The minimum Gasteiger partial charge on any atom is -0.207 e. The van der Waals surface area contributed by atoms with Gasteiger partial charge in [-0.3, -0.25) is 0 Å². The molecule has 0 bridgehead atoms. The Kier molecular flexibility index (Phi) is 6.25. The van der Waals surface area contributed by atoms with E-state index in [-0.39, 0.29) is 22.4 Å². The first-order valence-electron chi connectivity index (χ1n) is 6.24. The summed E-state index contributed by atoms with van der Waals surface area (Å²) in [5.74, 6) is -0.783. The van der Waals surface area contributed by atoms with Gasteiger partial charge in [0.1, 0.15) is 10.7 Å². The molecule has 0 radical (unpaired) electrons. The number of sulfonamides is 1. The fraction of sp³-hybridized carbons (Fsp3) is 0.538. The summed E-state index contributed by atoms with van der Waals surface area (Å²) >= 11 is 11.4. The van der Waals surface area contributed by atoms with Gasteiger partial charge in [-0.1, -0.05) is 31.9 Å². The van der Waals surface area contributed by atoms with Crippen LogP contribution in [0.4, 0.5) is 4.39 Å². The maximum atomic E-state index is 14.2. The number of nitrogens with zero attached hydrogens (tertiary/aromatic N) is 1. The number of benzene rings is 1. The Morgan fingerprint density at radius 3 is 2.50 bits per heavy atom. The zero-order chi connectivity index (χ0) is 15.5. The van der Waals surface area contributed by atoms with Crippen molar-refractivity contribution in [3.05, 3.63) is 28.5 Å². The van der Waals surface area contributed by atoms with E-state index in [0.717, 1.165) is 16.8 Å². The first-order chi connectivity index (χ1) is 9.23. The van der Waals surface area contributed by atoms with Gasteiger partial charge in [0.15, 0.2) is 0 Å². The quantitative estimate of drug-likeness (QED) is 0.736. The second kappa shape index (κ2) is 7.07. The predicted molar refractivity (Wildman–Crippen MR) is 80.2 cm³/mol. The molecule has 0 heterocycles. The fourth-order valence-electron chi connectivity index (χ4n) is 1.74. The number of hydrogen-bond donors (Lipinski definition) is 0. The number of rotatable bonds is 6. The Morgan fingerprint density at radius 1 is 1.40 bits per heavy atom. The molecule has 1 atom stereocenters. The van der Waals surface area contributed by atoms with Crippen LogP contribution < -0.4 is 0 Å². The standard InChI is InChI=1S/C13H18Cl2FNO2S/c1-4-9(2)8-17(3)20(18,19)12-6-11(15)5-10(7-14)13(12)16/h5-6,9H,4,7-8H2,1-3H3. The van der Waals surface area contributed by atoms with Crippen LogP contribution in [0.25, 0.3) is 0 Å². The lowest BCUT2D eigenvalue weighted by Crippen LogP contribution is -2.31. The molecule has 0 spiro atoms. The third-order valence-electron chi connectivity index (χ3n) is 3.18. The van der Waals surface area contributed by atoms with Crippen molar-refractivity contribution in [2.45, 2.75) is 31.0 Å². The second-order valence-electron chi connectivity index (χ2n) is 4.81. The SMILES string of the molecule is CCC(C)CN(C)S(=O)(=O)c1cc(Cl)cc(CCl)c1F. The average molecular weight is 342 g/mol. The first-order valence-corrected chi connectivity index (χ1v) is 8.59. The van der Waals surface area contributed by atoms with Gasteiger partial charge in [0.25, 0.3) is 0 Å². The van der Waals surface area contributed by atoms with Crippen molar-refractivity contribution in [1.29, 1.82) is 0 Å². The molecule has 3 nitrogen and oxygen atoms in total. The highest BCUT2D eigenvalue weighted by molar-refractivity contribution is 7.89. The predicted octanol–water partition coefficient (Wildman–Crippen LogP) is 3.88. The van der Waals surface area contributed by atoms with Crippen molar-refractivity contribution >= 4 is 33.2 Å². The molecule has 0 saturated carbocycles. The zero-order valence-electron chi connectivity index (χ0n) is 11.7. The third kappa shape index (κ3) is 3.85. The Balaban J connectivity index is 3.25. The minimum absolute atomic E-state index is 0.0784. The summed E-state index contributed by atoms with van der Waals surface area (Å²) in [7, 11) is -2.48. The van der Waals surface area contributed by atoms with Crippen molar-refractivity contribution in [2.24, 2.45) is 5.92 Å². The van der Waals surface area contributed by atoms with E-state index in [0.29, 0.717) is 6.54 Å². The van der Waals surface area contributed by atoms with E-state index in [1.165, 1.54) is 13.1 Å². The van der Waals surface area contributed by atoms with Crippen molar-refractivity contribution in [2.75, 3.05) is 13.6 Å². The molecule has 1 aromatic rings. The highest BCUT2D eigenvalue weighted by Crippen LogP contribution is 2.27. The molecule has 0 aliphatic heterocycles. The largest absolute Gasteiger partial charge is 0.245 e. The molecular weight excluding hydrogens is 324 g/mol. The van der Waals surface area contributed by atoms with Crippen LogP contribution in [0.5, 0.6) is 0 Å². The maximum absolute atomic E-state index is 14.2. The molecule has 0 aliphatic carbocycles. The molecule has 0 amide bonds. The van der Waals surface area contributed by atoms with Gasteiger partial charge in [0, 0.05) is 24.2 Å². The second-order valence-corrected chi connectivity index (χ2v) is 7.53. The van der Waals surface area contributed by atoms with Crippen molar-refractivity contribution < 1.29 is 12.8 Å². The van der Waals surface area contributed by atoms with Crippen LogP contribution >= 0.6 is 23.2 Å². The maximum Gasteiger partial charge on any atom is 0.245 e. The van der Waals surface area contributed by atoms with Gasteiger partial charge in [0.05, 0.1) is 5.88 Å². The van der Waals surface area contributed by atoms with Crippen LogP contribution in [0.15, 0.2) is 17.0 Å². The monoisotopic (exact) mass is 341 g/mol. The van der Waals surface area contributed by atoms with Gasteiger partial charge < -0.3 is 0 Å². The molecule has 0 fully saturated rings. The number of halogens is 3. The van der Waals surface area contributed by atoms with Crippen LogP contribution in [0.1, 0.15) is 25.8 Å². The summed E-state index contributed by atoms with van der Waals surface area (Å²) in [5.41, 5.74) is 0.0784. The lowest BCUT2D eigenvalue weighted by molar-refractivity contribution is 0.391. The molecule has 1 rings (SSSR count). The number of hydrogen-bond acceptors (Lipinski definition) is 2. The lowest BCUT2D eigenvalue weighted by Gasteiger charge is -2.21. The summed E-state index contributed by atoms with van der Waals surface area (Å²) in [5, 5.41) is 0.151. The summed E-state index contributed by atoms with van der Waals surface area (Å²) in [6, 6.07) is 2.45. The number of alkyl halides is 1. The van der Waals surface area contributed by atoms with E-state index in [1.807, 2.05) is 13.8 Å². The molecule has 1 unspecified atom stereocenters. The highest BCUT2D eigenvalue weighted by atomic mass is 35.5. The Bertz CT molecular complexity index is 578. The molecule has 0 aliphatic rings. The van der Waals surface area contributed by atoms with Crippen LogP contribution in [0.3, 0.4) is 0 Å². The van der Waals surface area contributed by atoms with Gasteiger partial charge >= 0.3 is 0 Å². The molecule has 20 heavy (non-hydrogen) atoms. The van der Waals surface area contributed by atoms with E-state index in [1.54, 1.807) is 0 Å². The van der Waals surface area contributed by atoms with Crippen LogP contribution in [0, 0.1) is 11.7 Å². The van der Waals surface area contributed by atoms with Crippen LogP contribution in [-0.4, -0.2) is 26.3 Å². The van der Waals surface area contributed by atoms with E-state index in [4.69, 9.17) is 23.2 Å². The van der Waals surface area contributed by atoms with Crippen LogP contribution in [-0.2, 0) is 15.9 Å². The van der Waals surface area contributed by atoms with E-state index < -0.39 is 20.7 Å². The summed E-state index contributed by atoms with van der Waals surface area (Å²) in [6.45, 7) is 4.22. The molecular formula is C13H18Cl2FNO2S. The highest BCUT2D eigenvalue weighted by Gasteiger charge is 2.27. The van der Waals surface area contributed by atoms with E-state index in [2.05, 4.69) is 0 Å². The molecule has 0 N–H and O–H groups in total. The minimum atomic E-state index is -3.91. The molecule has 114 valence electrons.